The lowest BCUT2D eigenvalue weighted by Crippen LogP contribution is -2.33. The first-order valence-electron chi connectivity index (χ1n) is 9.16. The summed E-state index contributed by atoms with van der Waals surface area (Å²) >= 11 is 1.57. The molecule has 1 fully saturated rings. The predicted octanol–water partition coefficient (Wildman–Crippen LogP) is 3.61. The number of methoxy groups -OCH3 is 1. The van der Waals surface area contributed by atoms with Crippen molar-refractivity contribution in [2.75, 3.05) is 20.3 Å². The van der Waals surface area contributed by atoms with Gasteiger partial charge in [0, 0.05) is 42.0 Å². The molecule has 1 aromatic carbocycles. The van der Waals surface area contributed by atoms with E-state index in [1.165, 1.54) is 0 Å². The molecule has 2 N–H and O–H groups in total. The van der Waals surface area contributed by atoms with Gasteiger partial charge in [-0.25, -0.2) is 0 Å². The molecular formula is C20H23N3O3S. The Kier molecular flexibility index (Phi) is 5.52. The number of ether oxygens (including phenoxy) is 2. The van der Waals surface area contributed by atoms with Crippen LogP contribution in [0.4, 0.5) is 0 Å². The number of aromatic amines is 1. The van der Waals surface area contributed by atoms with Crippen LogP contribution in [0.2, 0.25) is 0 Å². The zero-order valence-electron chi connectivity index (χ0n) is 15.2. The van der Waals surface area contributed by atoms with E-state index in [-0.39, 0.29) is 18.1 Å². The average Bonchev–Trinajstić information content (AvgIpc) is 3.42. The summed E-state index contributed by atoms with van der Waals surface area (Å²) in [6, 6.07) is 6.12. The van der Waals surface area contributed by atoms with Gasteiger partial charge in [0.15, 0.2) is 0 Å². The third kappa shape index (κ3) is 4.05. The highest BCUT2D eigenvalue weighted by atomic mass is 32.1. The maximum Gasteiger partial charge on any atom is 0.252 e. The Morgan fingerprint density at radius 3 is 3.11 bits per heavy atom. The van der Waals surface area contributed by atoms with Crippen LogP contribution < -0.4 is 5.32 Å². The number of H-pyrrole nitrogens is 1. The summed E-state index contributed by atoms with van der Waals surface area (Å²) in [5, 5.41) is 4.13. The molecule has 1 saturated carbocycles. The lowest BCUT2D eigenvalue weighted by atomic mass is 10.0. The summed E-state index contributed by atoms with van der Waals surface area (Å²) in [5.41, 5.74) is 4.46. The van der Waals surface area contributed by atoms with Crippen molar-refractivity contribution >= 4 is 28.1 Å². The second-order valence-electron chi connectivity index (χ2n) is 6.80. The van der Waals surface area contributed by atoms with Crippen molar-refractivity contribution in [2.24, 2.45) is 0 Å². The number of benzene rings is 1. The molecule has 2 aromatic heterocycles. The summed E-state index contributed by atoms with van der Waals surface area (Å²) in [6.07, 6.45) is 6.65. The maximum absolute atomic E-state index is 13.0. The molecule has 0 aliphatic heterocycles. The average molecular weight is 385 g/mol. The van der Waals surface area contributed by atoms with E-state index < -0.39 is 0 Å². The summed E-state index contributed by atoms with van der Waals surface area (Å²) in [4.78, 5) is 21.4. The van der Waals surface area contributed by atoms with Crippen LogP contribution in [0.1, 0.15) is 29.6 Å². The van der Waals surface area contributed by atoms with E-state index in [0.717, 1.165) is 40.6 Å². The minimum Gasteiger partial charge on any atom is -0.382 e. The molecule has 7 heteroatoms. The number of rotatable bonds is 7. The molecule has 0 unspecified atom stereocenters. The highest BCUT2D eigenvalue weighted by molar-refractivity contribution is 7.13. The predicted molar refractivity (Wildman–Crippen MR) is 106 cm³/mol. The Balaban J connectivity index is 1.49. The van der Waals surface area contributed by atoms with Gasteiger partial charge >= 0.3 is 0 Å². The molecule has 1 aliphatic carbocycles. The molecule has 0 spiro atoms. The Hall–Kier alpha value is -2.22. The smallest absolute Gasteiger partial charge is 0.252 e. The SMILES string of the molecule is COCCO[C@@H]1CC[C@@H](NC(=O)c2cc(-c3cncs3)cc3[nH]ccc23)C1. The molecular weight excluding hydrogens is 362 g/mol. The summed E-state index contributed by atoms with van der Waals surface area (Å²) in [7, 11) is 1.67. The van der Waals surface area contributed by atoms with Gasteiger partial charge in [0.1, 0.15) is 0 Å². The van der Waals surface area contributed by atoms with Crippen molar-refractivity contribution in [1.82, 2.24) is 15.3 Å². The van der Waals surface area contributed by atoms with E-state index in [1.807, 2.05) is 24.5 Å². The number of nitrogens with zero attached hydrogens (tertiary/aromatic N) is 1. The third-order valence-electron chi connectivity index (χ3n) is 4.99. The van der Waals surface area contributed by atoms with E-state index in [1.54, 1.807) is 24.0 Å². The molecule has 0 bridgehead atoms. The van der Waals surface area contributed by atoms with E-state index >= 15 is 0 Å². The normalized spacial score (nSPS) is 19.6. The highest BCUT2D eigenvalue weighted by Crippen LogP contribution is 2.30. The molecule has 142 valence electrons. The number of hydrogen-bond donors (Lipinski definition) is 2. The molecule has 1 amide bonds. The molecule has 6 nitrogen and oxygen atoms in total. The Bertz CT molecular complexity index is 906. The largest absolute Gasteiger partial charge is 0.382 e. The topological polar surface area (TPSA) is 76.2 Å². The second kappa shape index (κ2) is 8.21. The lowest BCUT2D eigenvalue weighted by molar-refractivity contribution is 0.0200. The Labute approximate surface area is 161 Å². The van der Waals surface area contributed by atoms with Crippen LogP contribution in [0, 0.1) is 0 Å². The van der Waals surface area contributed by atoms with Gasteiger partial charge in [-0.05, 0) is 43.0 Å². The van der Waals surface area contributed by atoms with Gasteiger partial charge in [-0.15, -0.1) is 11.3 Å². The number of thiazole rings is 1. The van der Waals surface area contributed by atoms with Gasteiger partial charge in [-0.2, -0.15) is 0 Å². The Morgan fingerprint density at radius 1 is 1.37 bits per heavy atom. The van der Waals surface area contributed by atoms with Crippen LogP contribution in [0.3, 0.4) is 0 Å². The summed E-state index contributed by atoms with van der Waals surface area (Å²) in [5.74, 6) is -0.0338. The van der Waals surface area contributed by atoms with E-state index in [9.17, 15) is 4.79 Å². The first-order valence-corrected chi connectivity index (χ1v) is 10.0. The van der Waals surface area contributed by atoms with Gasteiger partial charge in [0.25, 0.3) is 5.91 Å². The molecule has 1 aliphatic rings. The molecule has 4 rings (SSSR count). The standard InChI is InChI=1S/C20H23N3O3S/c1-25-6-7-26-15-3-2-14(10-15)23-20(24)17-8-13(19-11-21-12-27-19)9-18-16(17)4-5-22-18/h4-5,8-9,11-12,14-15,22H,2-3,6-7,10H2,1H3,(H,23,24)/t14-,15-/m1/s1. The summed E-state index contributed by atoms with van der Waals surface area (Å²) in [6.45, 7) is 1.20. The fraction of sp³-hybridized carbons (Fsp3) is 0.400. The number of amides is 1. The van der Waals surface area contributed by atoms with Crippen LogP contribution in [0.25, 0.3) is 21.3 Å². The van der Waals surface area contributed by atoms with Crippen LogP contribution in [0.5, 0.6) is 0 Å². The number of carbonyl (C=O) groups is 1. The Morgan fingerprint density at radius 2 is 2.30 bits per heavy atom. The van der Waals surface area contributed by atoms with Crippen molar-refractivity contribution in [3.8, 4) is 10.4 Å². The van der Waals surface area contributed by atoms with Crippen LogP contribution in [-0.2, 0) is 9.47 Å². The fourth-order valence-corrected chi connectivity index (χ4v) is 4.25. The number of hydrogen-bond acceptors (Lipinski definition) is 5. The molecule has 0 radical (unpaired) electrons. The van der Waals surface area contributed by atoms with Crippen LogP contribution in [-0.4, -0.2) is 48.3 Å². The van der Waals surface area contributed by atoms with Crippen molar-refractivity contribution in [3.63, 3.8) is 0 Å². The monoisotopic (exact) mass is 385 g/mol. The molecule has 0 saturated heterocycles. The van der Waals surface area contributed by atoms with Gasteiger partial charge in [-0.1, -0.05) is 0 Å². The van der Waals surface area contributed by atoms with E-state index in [2.05, 4.69) is 21.4 Å². The van der Waals surface area contributed by atoms with Crippen LogP contribution in [0.15, 0.2) is 36.1 Å². The zero-order valence-corrected chi connectivity index (χ0v) is 16.1. The van der Waals surface area contributed by atoms with Gasteiger partial charge in [0.05, 0.1) is 29.7 Å². The lowest BCUT2D eigenvalue weighted by Gasteiger charge is -2.15. The van der Waals surface area contributed by atoms with Crippen molar-refractivity contribution in [1.29, 1.82) is 0 Å². The molecule has 27 heavy (non-hydrogen) atoms. The van der Waals surface area contributed by atoms with Gasteiger partial charge < -0.3 is 19.8 Å². The minimum atomic E-state index is -0.0338. The first-order chi connectivity index (χ1) is 13.2. The van der Waals surface area contributed by atoms with E-state index in [4.69, 9.17) is 9.47 Å². The maximum atomic E-state index is 13.0. The third-order valence-corrected chi connectivity index (χ3v) is 5.81. The number of nitrogens with one attached hydrogen (secondary N) is 2. The van der Waals surface area contributed by atoms with Crippen molar-refractivity contribution < 1.29 is 14.3 Å². The number of aromatic nitrogens is 2. The molecule has 3 aromatic rings. The highest BCUT2D eigenvalue weighted by Gasteiger charge is 2.27. The van der Waals surface area contributed by atoms with Crippen molar-refractivity contribution in [3.05, 3.63) is 41.7 Å². The summed E-state index contributed by atoms with van der Waals surface area (Å²) < 4.78 is 10.8. The van der Waals surface area contributed by atoms with E-state index in [0.29, 0.717) is 18.8 Å². The van der Waals surface area contributed by atoms with Crippen LogP contribution >= 0.6 is 11.3 Å². The molecule has 2 heterocycles. The minimum absolute atomic E-state index is 0.0338. The van der Waals surface area contributed by atoms with Gasteiger partial charge in [-0.3, -0.25) is 9.78 Å². The fourth-order valence-electron chi connectivity index (χ4n) is 3.64. The second-order valence-corrected chi connectivity index (χ2v) is 7.68. The number of fused-ring (bicyclic) bond motifs is 1. The van der Waals surface area contributed by atoms with Gasteiger partial charge in [0.2, 0.25) is 0 Å². The first kappa shape index (κ1) is 18.2. The quantitative estimate of drug-likeness (QED) is 0.609. The molecule has 2 atom stereocenters. The zero-order chi connectivity index (χ0) is 18.6. The van der Waals surface area contributed by atoms with Crippen molar-refractivity contribution in [2.45, 2.75) is 31.4 Å². The number of carbonyl (C=O) groups excluding carboxylic acids is 1.